The molecule has 26 heavy (non-hydrogen) atoms. The maximum Gasteiger partial charge on any atom is 0.241 e. The van der Waals surface area contributed by atoms with E-state index in [1.165, 1.54) is 11.9 Å². The number of phenolic OH excluding ortho intramolecular Hbond substituents is 1. The van der Waals surface area contributed by atoms with Crippen LogP contribution in [0, 0.1) is 0 Å². The van der Waals surface area contributed by atoms with Crippen LogP contribution in [-0.4, -0.2) is 54.9 Å². The number of rotatable bonds is 6. The van der Waals surface area contributed by atoms with E-state index in [2.05, 4.69) is 44.6 Å². The Balaban J connectivity index is 1.37. The molecule has 2 aromatic carbocycles. The quantitative estimate of drug-likeness (QED) is 0.617. The van der Waals surface area contributed by atoms with Gasteiger partial charge in [0.25, 0.3) is 0 Å². The summed E-state index contributed by atoms with van der Waals surface area (Å²) >= 11 is 0. The molecule has 0 radical (unpaired) electrons. The van der Waals surface area contributed by atoms with E-state index in [0.29, 0.717) is 12.0 Å². The van der Waals surface area contributed by atoms with Crippen LogP contribution in [0.1, 0.15) is 12.0 Å². The molecule has 2 N–H and O–H groups in total. The topological polar surface area (TPSA) is 68.2 Å². The van der Waals surface area contributed by atoms with Crippen molar-refractivity contribution < 1.29 is 9.90 Å². The second kappa shape index (κ2) is 9.01. The second-order valence-corrected chi connectivity index (χ2v) is 6.27. The normalized spacial score (nSPS) is 15.3. The van der Waals surface area contributed by atoms with Crippen molar-refractivity contribution in [2.75, 3.05) is 37.6 Å². The van der Waals surface area contributed by atoms with Gasteiger partial charge in [-0.15, -0.1) is 0 Å². The molecule has 3 rings (SSSR count). The van der Waals surface area contributed by atoms with Gasteiger partial charge in [-0.05, 0) is 24.3 Å². The summed E-state index contributed by atoms with van der Waals surface area (Å²) in [7, 11) is 0. The predicted octanol–water partition coefficient (Wildman–Crippen LogP) is 2.05. The van der Waals surface area contributed by atoms with Crippen LogP contribution in [-0.2, 0) is 4.79 Å². The van der Waals surface area contributed by atoms with E-state index in [4.69, 9.17) is 0 Å². The van der Waals surface area contributed by atoms with Gasteiger partial charge in [-0.3, -0.25) is 9.69 Å². The molecule has 1 fully saturated rings. The maximum absolute atomic E-state index is 11.9. The Morgan fingerprint density at radius 3 is 2.46 bits per heavy atom. The third-order valence-electron chi connectivity index (χ3n) is 4.48. The van der Waals surface area contributed by atoms with Crippen molar-refractivity contribution in [3.63, 3.8) is 0 Å². The molecule has 0 unspecified atom stereocenters. The summed E-state index contributed by atoms with van der Waals surface area (Å²) in [5.74, 6) is 0.0175. The van der Waals surface area contributed by atoms with Crippen molar-refractivity contribution >= 4 is 17.8 Å². The molecule has 1 heterocycles. The van der Waals surface area contributed by atoms with Crippen molar-refractivity contribution in [1.29, 1.82) is 0 Å². The minimum absolute atomic E-state index is 0.123. The van der Waals surface area contributed by atoms with Gasteiger partial charge in [0, 0.05) is 50.4 Å². The van der Waals surface area contributed by atoms with Crippen molar-refractivity contribution in [3.05, 3.63) is 60.2 Å². The first-order chi connectivity index (χ1) is 12.7. The molecular formula is C20H24N4O2. The minimum atomic E-state index is -0.123. The van der Waals surface area contributed by atoms with Crippen molar-refractivity contribution in [2.45, 2.75) is 6.42 Å². The lowest BCUT2D eigenvalue weighted by Crippen LogP contribution is -2.47. The molecule has 0 aliphatic carbocycles. The van der Waals surface area contributed by atoms with Crippen LogP contribution in [0.15, 0.2) is 59.7 Å². The monoisotopic (exact) mass is 352 g/mol. The first-order valence-corrected chi connectivity index (χ1v) is 8.84. The lowest BCUT2D eigenvalue weighted by Gasteiger charge is -2.36. The summed E-state index contributed by atoms with van der Waals surface area (Å²) in [5.41, 5.74) is 4.34. The molecule has 1 aliphatic heterocycles. The minimum Gasteiger partial charge on any atom is -0.507 e. The van der Waals surface area contributed by atoms with Crippen LogP contribution in [0.3, 0.4) is 0 Å². The molecular weight excluding hydrogens is 328 g/mol. The van der Waals surface area contributed by atoms with E-state index in [1.807, 2.05) is 6.07 Å². The molecule has 1 saturated heterocycles. The van der Waals surface area contributed by atoms with Gasteiger partial charge >= 0.3 is 0 Å². The molecule has 6 nitrogen and oxygen atoms in total. The molecule has 136 valence electrons. The third-order valence-corrected chi connectivity index (χ3v) is 4.48. The SMILES string of the molecule is O=C(CCN1CCN(c2ccccc2)CC1)N/N=C/c1ccccc1O. The van der Waals surface area contributed by atoms with Crippen LogP contribution in [0.2, 0.25) is 0 Å². The Labute approximate surface area is 153 Å². The zero-order valence-corrected chi connectivity index (χ0v) is 14.7. The molecule has 1 aliphatic rings. The molecule has 0 spiro atoms. The molecule has 2 aromatic rings. The molecule has 0 saturated carbocycles. The average molecular weight is 352 g/mol. The summed E-state index contributed by atoms with van der Waals surface area (Å²) in [6.07, 6.45) is 1.86. The van der Waals surface area contributed by atoms with Gasteiger partial charge in [0.15, 0.2) is 0 Å². The number of carbonyl (C=O) groups excluding carboxylic acids is 1. The standard InChI is InChI=1S/C20H24N4O2/c25-19-9-5-4-6-17(19)16-21-22-20(26)10-11-23-12-14-24(15-13-23)18-7-2-1-3-8-18/h1-9,16,25H,10-15H2,(H,22,26)/b21-16+. The number of piperazine rings is 1. The number of hydrazone groups is 1. The fourth-order valence-corrected chi connectivity index (χ4v) is 2.95. The Bertz CT molecular complexity index is 740. The number of hydrogen-bond donors (Lipinski definition) is 2. The van der Waals surface area contributed by atoms with E-state index in [1.54, 1.807) is 24.3 Å². The fourth-order valence-electron chi connectivity index (χ4n) is 2.95. The van der Waals surface area contributed by atoms with Gasteiger partial charge in [0.1, 0.15) is 5.75 Å². The molecule has 1 amide bonds. The fraction of sp³-hybridized carbons (Fsp3) is 0.300. The van der Waals surface area contributed by atoms with Gasteiger partial charge in [-0.25, -0.2) is 5.43 Å². The zero-order valence-electron chi connectivity index (χ0n) is 14.7. The number of aromatic hydroxyl groups is 1. The van der Waals surface area contributed by atoms with Crippen molar-refractivity contribution in [3.8, 4) is 5.75 Å². The van der Waals surface area contributed by atoms with Gasteiger partial charge < -0.3 is 10.0 Å². The van der Waals surface area contributed by atoms with Crippen LogP contribution in [0.4, 0.5) is 5.69 Å². The first-order valence-electron chi connectivity index (χ1n) is 8.84. The number of nitrogens with zero attached hydrogens (tertiary/aromatic N) is 3. The van der Waals surface area contributed by atoms with Gasteiger partial charge in [-0.1, -0.05) is 30.3 Å². The largest absolute Gasteiger partial charge is 0.507 e. The Hall–Kier alpha value is -2.86. The average Bonchev–Trinajstić information content (AvgIpc) is 2.69. The molecule has 0 bridgehead atoms. The summed E-state index contributed by atoms with van der Waals surface area (Å²) in [4.78, 5) is 16.6. The Morgan fingerprint density at radius 2 is 1.73 bits per heavy atom. The number of hydrogen-bond acceptors (Lipinski definition) is 5. The van der Waals surface area contributed by atoms with E-state index >= 15 is 0 Å². The van der Waals surface area contributed by atoms with Gasteiger partial charge in [-0.2, -0.15) is 5.10 Å². The van der Waals surface area contributed by atoms with Crippen LogP contribution in [0.25, 0.3) is 0 Å². The lowest BCUT2D eigenvalue weighted by molar-refractivity contribution is -0.121. The van der Waals surface area contributed by atoms with E-state index in [0.717, 1.165) is 32.7 Å². The highest BCUT2D eigenvalue weighted by Crippen LogP contribution is 2.15. The van der Waals surface area contributed by atoms with E-state index < -0.39 is 0 Å². The highest BCUT2D eigenvalue weighted by Gasteiger charge is 2.17. The highest BCUT2D eigenvalue weighted by molar-refractivity contribution is 5.85. The number of anilines is 1. The van der Waals surface area contributed by atoms with Crippen molar-refractivity contribution in [2.24, 2.45) is 5.10 Å². The van der Waals surface area contributed by atoms with Crippen LogP contribution < -0.4 is 10.3 Å². The number of phenols is 1. The van der Waals surface area contributed by atoms with E-state index in [-0.39, 0.29) is 11.7 Å². The highest BCUT2D eigenvalue weighted by atomic mass is 16.3. The third kappa shape index (κ3) is 5.07. The zero-order chi connectivity index (χ0) is 18.2. The number of amides is 1. The van der Waals surface area contributed by atoms with Gasteiger partial charge in [0.05, 0.1) is 6.21 Å². The van der Waals surface area contributed by atoms with Crippen LogP contribution >= 0.6 is 0 Å². The number of para-hydroxylation sites is 2. The smallest absolute Gasteiger partial charge is 0.241 e. The summed E-state index contributed by atoms with van der Waals surface area (Å²) in [6, 6.07) is 17.3. The molecule has 0 atom stereocenters. The van der Waals surface area contributed by atoms with E-state index in [9.17, 15) is 9.90 Å². The van der Waals surface area contributed by atoms with Crippen LogP contribution in [0.5, 0.6) is 5.75 Å². The number of carbonyl (C=O) groups is 1. The Kier molecular flexibility index (Phi) is 6.22. The lowest BCUT2D eigenvalue weighted by atomic mass is 10.2. The number of benzene rings is 2. The predicted molar refractivity (Wildman–Crippen MR) is 104 cm³/mol. The molecule has 0 aromatic heterocycles. The van der Waals surface area contributed by atoms with Crippen molar-refractivity contribution in [1.82, 2.24) is 10.3 Å². The summed E-state index contributed by atoms with van der Waals surface area (Å²) < 4.78 is 0. The summed E-state index contributed by atoms with van der Waals surface area (Å²) in [6.45, 7) is 4.56. The second-order valence-electron chi connectivity index (χ2n) is 6.27. The molecule has 6 heteroatoms. The maximum atomic E-state index is 11.9. The summed E-state index contributed by atoms with van der Waals surface area (Å²) in [5, 5.41) is 13.5. The number of nitrogens with one attached hydrogen (secondary N) is 1. The van der Waals surface area contributed by atoms with Gasteiger partial charge in [0.2, 0.25) is 5.91 Å². The Morgan fingerprint density at radius 1 is 1.04 bits per heavy atom. The first kappa shape index (κ1) is 17.9.